The lowest BCUT2D eigenvalue weighted by Gasteiger charge is -2.07. The van der Waals surface area contributed by atoms with Gasteiger partial charge in [-0.15, -0.1) is 10.2 Å². The van der Waals surface area contributed by atoms with Gasteiger partial charge in [0.2, 0.25) is 5.89 Å². The molecule has 0 spiro atoms. The van der Waals surface area contributed by atoms with E-state index in [1.807, 2.05) is 64.1 Å². The first-order valence-corrected chi connectivity index (χ1v) is 10.0. The molecule has 5 nitrogen and oxygen atoms in total. The van der Waals surface area contributed by atoms with E-state index in [0.29, 0.717) is 11.1 Å². The molecule has 28 heavy (non-hydrogen) atoms. The van der Waals surface area contributed by atoms with Crippen molar-refractivity contribution in [1.29, 1.82) is 0 Å². The van der Waals surface area contributed by atoms with Crippen molar-refractivity contribution >= 4 is 28.4 Å². The minimum absolute atomic E-state index is 0.0473. The number of aryl methyl sites for hydroxylation is 3. The second kappa shape index (κ2) is 7.28. The van der Waals surface area contributed by atoms with Crippen LogP contribution >= 0.6 is 11.8 Å². The van der Waals surface area contributed by atoms with Crippen molar-refractivity contribution in [2.24, 2.45) is 0 Å². The summed E-state index contributed by atoms with van der Waals surface area (Å²) in [5.41, 5.74) is 5.74. The maximum Gasteiger partial charge on any atom is 0.277 e. The number of carbonyl (C=O) groups excluding carboxylic acids is 1. The molecule has 2 aromatic heterocycles. The van der Waals surface area contributed by atoms with Gasteiger partial charge in [-0.25, -0.2) is 0 Å². The molecule has 6 heteroatoms. The van der Waals surface area contributed by atoms with Gasteiger partial charge < -0.3 is 9.40 Å². The maximum absolute atomic E-state index is 13.1. The molecule has 0 amide bonds. The number of carbonyl (C=O) groups is 1. The fourth-order valence-electron chi connectivity index (χ4n) is 3.47. The van der Waals surface area contributed by atoms with Crippen molar-refractivity contribution in [3.63, 3.8) is 0 Å². The van der Waals surface area contributed by atoms with E-state index >= 15 is 0 Å². The Morgan fingerprint density at radius 2 is 1.79 bits per heavy atom. The highest BCUT2D eigenvalue weighted by atomic mass is 32.2. The van der Waals surface area contributed by atoms with E-state index in [2.05, 4.69) is 21.2 Å². The second-order valence-corrected chi connectivity index (χ2v) is 8.34. The average Bonchev–Trinajstić information content (AvgIpc) is 3.23. The molecule has 1 atom stereocenters. The van der Waals surface area contributed by atoms with Crippen LogP contribution in [0.25, 0.3) is 22.4 Å². The minimum atomic E-state index is -0.342. The summed E-state index contributed by atoms with van der Waals surface area (Å²) in [6.07, 6.45) is 0. The molecular formula is C22H21N3O2S. The molecule has 0 saturated heterocycles. The smallest absolute Gasteiger partial charge is 0.277 e. The zero-order valence-electron chi connectivity index (χ0n) is 16.2. The second-order valence-electron chi connectivity index (χ2n) is 7.04. The molecule has 1 N–H and O–H groups in total. The van der Waals surface area contributed by atoms with Crippen molar-refractivity contribution in [2.45, 2.75) is 38.2 Å². The van der Waals surface area contributed by atoms with Gasteiger partial charge in [0.1, 0.15) is 0 Å². The topological polar surface area (TPSA) is 71.8 Å². The summed E-state index contributed by atoms with van der Waals surface area (Å²) < 4.78 is 5.82. The van der Waals surface area contributed by atoms with Gasteiger partial charge in [0, 0.05) is 27.7 Å². The van der Waals surface area contributed by atoms with E-state index in [1.54, 1.807) is 0 Å². The molecule has 0 bridgehead atoms. The predicted molar refractivity (Wildman–Crippen MR) is 112 cm³/mol. The van der Waals surface area contributed by atoms with E-state index in [4.69, 9.17) is 4.42 Å². The van der Waals surface area contributed by atoms with E-state index in [9.17, 15) is 4.79 Å². The number of H-pyrrole nitrogens is 1. The van der Waals surface area contributed by atoms with Gasteiger partial charge >= 0.3 is 0 Å². The molecule has 0 saturated carbocycles. The third kappa shape index (κ3) is 3.47. The number of rotatable bonds is 5. The van der Waals surface area contributed by atoms with Crippen LogP contribution in [0.1, 0.15) is 34.1 Å². The highest BCUT2D eigenvalue weighted by molar-refractivity contribution is 8.00. The summed E-state index contributed by atoms with van der Waals surface area (Å²) in [5, 5.41) is 9.28. The molecule has 4 rings (SSSR count). The van der Waals surface area contributed by atoms with Crippen molar-refractivity contribution < 1.29 is 9.21 Å². The summed E-state index contributed by atoms with van der Waals surface area (Å²) in [5.74, 6) is 0.517. The zero-order chi connectivity index (χ0) is 19.8. The van der Waals surface area contributed by atoms with Crippen LogP contribution < -0.4 is 0 Å². The summed E-state index contributed by atoms with van der Waals surface area (Å²) in [6, 6.07) is 14.0. The predicted octanol–water partition coefficient (Wildman–Crippen LogP) is 5.51. The van der Waals surface area contributed by atoms with Gasteiger partial charge in [-0.3, -0.25) is 4.79 Å². The lowest BCUT2D eigenvalue weighted by Crippen LogP contribution is -2.14. The van der Waals surface area contributed by atoms with Crippen LogP contribution in [-0.4, -0.2) is 26.2 Å². The molecular weight excluding hydrogens is 370 g/mol. The lowest BCUT2D eigenvalue weighted by atomic mass is 10.1. The maximum atomic E-state index is 13.1. The van der Waals surface area contributed by atoms with Crippen LogP contribution in [0.4, 0.5) is 0 Å². The number of Topliss-reactive ketones (excluding diaryl/α,β-unsaturated/α-hetero) is 1. The Bertz CT molecular complexity index is 1160. The third-order valence-corrected chi connectivity index (χ3v) is 5.60. The van der Waals surface area contributed by atoms with E-state index in [-0.39, 0.29) is 11.0 Å². The van der Waals surface area contributed by atoms with Crippen molar-refractivity contribution in [3.8, 4) is 11.5 Å². The SMILES string of the molecule is Cc1cc(C)cc(-c2nnc(S[C@H](C)C(=O)c3c(C)[nH]c4ccccc34)o2)c1. The van der Waals surface area contributed by atoms with Gasteiger partial charge in [0.15, 0.2) is 5.78 Å². The van der Waals surface area contributed by atoms with Gasteiger partial charge in [0.25, 0.3) is 5.22 Å². The molecule has 0 unspecified atom stereocenters. The molecule has 0 fully saturated rings. The first kappa shape index (κ1) is 18.5. The Balaban J connectivity index is 1.57. The largest absolute Gasteiger partial charge is 0.411 e. The van der Waals surface area contributed by atoms with Crippen LogP contribution in [0.15, 0.2) is 52.1 Å². The van der Waals surface area contributed by atoms with Crippen LogP contribution in [0.5, 0.6) is 0 Å². The molecule has 0 radical (unpaired) electrons. The molecule has 0 aliphatic heterocycles. The number of benzene rings is 2. The molecule has 142 valence electrons. The van der Waals surface area contributed by atoms with Gasteiger partial charge in [-0.1, -0.05) is 47.2 Å². The summed E-state index contributed by atoms with van der Waals surface area (Å²) >= 11 is 1.29. The highest BCUT2D eigenvalue weighted by Crippen LogP contribution is 2.31. The van der Waals surface area contributed by atoms with E-state index in [1.165, 1.54) is 11.8 Å². The minimum Gasteiger partial charge on any atom is -0.411 e. The van der Waals surface area contributed by atoms with Crippen LogP contribution in [0, 0.1) is 20.8 Å². The lowest BCUT2D eigenvalue weighted by molar-refractivity contribution is 0.0994. The Labute approximate surface area is 167 Å². The third-order valence-electron chi connectivity index (χ3n) is 4.66. The van der Waals surface area contributed by atoms with Gasteiger partial charge in [-0.05, 0) is 45.9 Å². The van der Waals surface area contributed by atoms with Crippen LogP contribution in [-0.2, 0) is 0 Å². The number of aromatic amines is 1. The first-order valence-electron chi connectivity index (χ1n) is 9.12. The Morgan fingerprint density at radius 1 is 1.07 bits per heavy atom. The standard InChI is InChI=1S/C22H21N3O2S/c1-12-9-13(2)11-16(10-12)21-24-25-22(27-21)28-15(4)20(26)19-14(3)23-18-8-6-5-7-17(18)19/h5-11,15,23H,1-4H3/t15-/m1/s1. The number of hydrogen-bond donors (Lipinski definition) is 1. The van der Waals surface area contributed by atoms with Gasteiger partial charge in [0.05, 0.1) is 5.25 Å². The normalized spacial score (nSPS) is 12.4. The Morgan fingerprint density at radius 3 is 2.54 bits per heavy atom. The summed E-state index contributed by atoms with van der Waals surface area (Å²) in [7, 11) is 0. The quantitative estimate of drug-likeness (QED) is 0.359. The van der Waals surface area contributed by atoms with E-state index < -0.39 is 0 Å². The summed E-state index contributed by atoms with van der Waals surface area (Å²) in [6.45, 7) is 7.87. The van der Waals surface area contributed by atoms with Crippen molar-refractivity contribution in [1.82, 2.24) is 15.2 Å². The molecule has 2 aromatic carbocycles. The van der Waals surface area contributed by atoms with Crippen LogP contribution in [0.3, 0.4) is 0 Å². The number of fused-ring (bicyclic) bond motifs is 1. The number of nitrogens with zero attached hydrogens (tertiary/aromatic N) is 2. The van der Waals surface area contributed by atoms with Crippen LogP contribution in [0.2, 0.25) is 0 Å². The fourth-order valence-corrected chi connectivity index (χ4v) is 4.22. The number of hydrogen-bond acceptors (Lipinski definition) is 5. The average molecular weight is 391 g/mol. The molecule has 0 aliphatic carbocycles. The van der Waals surface area contributed by atoms with Crippen molar-refractivity contribution in [3.05, 3.63) is 64.8 Å². The molecule has 4 aromatic rings. The molecule has 2 heterocycles. The number of aromatic nitrogens is 3. The number of para-hydroxylation sites is 1. The number of nitrogens with one attached hydrogen (secondary N) is 1. The fraction of sp³-hybridized carbons (Fsp3) is 0.227. The first-order chi connectivity index (χ1) is 13.4. The Kier molecular flexibility index (Phi) is 4.81. The van der Waals surface area contributed by atoms with E-state index in [0.717, 1.165) is 38.9 Å². The summed E-state index contributed by atoms with van der Waals surface area (Å²) in [4.78, 5) is 16.4. The number of ketones is 1. The Hall–Kier alpha value is -2.86. The molecule has 0 aliphatic rings. The number of thioether (sulfide) groups is 1. The van der Waals surface area contributed by atoms with Gasteiger partial charge in [-0.2, -0.15) is 0 Å². The van der Waals surface area contributed by atoms with Crippen molar-refractivity contribution in [2.75, 3.05) is 0 Å². The zero-order valence-corrected chi connectivity index (χ0v) is 17.1. The monoisotopic (exact) mass is 391 g/mol. The highest BCUT2D eigenvalue weighted by Gasteiger charge is 2.24.